The molecule has 1 amide bonds. The second kappa shape index (κ2) is 7.56. The number of amides is 1. The first-order valence-electron chi connectivity index (χ1n) is 9.21. The van der Waals surface area contributed by atoms with Crippen LogP contribution in [0.3, 0.4) is 0 Å². The second-order valence-electron chi connectivity index (χ2n) is 6.92. The molecule has 2 heterocycles. The summed E-state index contributed by atoms with van der Waals surface area (Å²) in [6, 6.07) is 13.9. The molecule has 0 bridgehead atoms. The van der Waals surface area contributed by atoms with Gasteiger partial charge in [-0.2, -0.15) is 5.10 Å². The molecule has 2 aliphatic rings. The summed E-state index contributed by atoms with van der Waals surface area (Å²) >= 11 is 6.08. The van der Waals surface area contributed by atoms with E-state index in [9.17, 15) is 13.2 Å². The Hall–Kier alpha value is -2.38. The number of carbonyl (C=O) groups excluding carboxylic acids is 1. The molecule has 4 rings (SSSR count). The zero-order valence-electron chi connectivity index (χ0n) is 15.2. The Labute approximate surface area is 169 Å². The van der Waals surface area contributed by atoms with E-state index in [1.165, 1.54) is 6.07 Å². The summed E-state index contributed by atoms with van der Waals surface area (Å²) < 4.78 is 26.2. The minimum atomic E-state index is -3.97. The van der Waals surface area contributed by atoms with Crippen molar-refractivity contribution in [2.45, 2.75) is 30.7 Å². The highest BCUT2D eigenvalue weighted by atomic mass is 35.5. The van der Waals surface area contributed by atoms with Gasteiger partial charge in [-0.15, -0.1) is 0 Å². The van der Waals surface area contributed by atoms with Gasteiger partial charge in [0.15, 0.2) is 0 Å². The molecule has 1 fully saturated rings. The third-order valence-corrected chi connectivity index (χ3v) is 6.87. The molecule has 8 heteroatoms. The highest BCUT2D eigenvalue weighted by molar-refractivity contribution is 8.08. The molecule has 0 aliphatic carbocycles. The van der Waals surface area contributed by atoms with Crippen LogP contribution < -0.4 is 5.01 Å². The van der Waals surface area contributed by atoms with Crippen LogP contribution in [0.15, 0.2) is 58.5 Å². The zero-order valence-corrected chi connectivity index (χ0v) is 16.8. The van der Waals surface area contributed by atoms with Crippen molar-refractivity contribution < 1.29 is 13.2 Å². The van der Waals surface area contributed by atoms with E-state index in [0.29, 0.717) is 30.3 Å². The number of anilines is 1. The Kier molecular flexibility index (Phi) is 5.12. The molecule has 2 aliphatic heterocycles. The fourth-order valence-corrected chi connectivity index (χ4v) is 5.23. The van der Waals surface area contributed by atoms with Gasteiger partial charge in [0.25, 0.3) is 5.91 Å². The predicted octanol–water partition coefficient (Wildman–Crippen LogP) is 3.46. The molecule has 0 radical (unpaired) electrons. The van der Waals surface area contributed by atoms with Crippen LogP contribution in [-0.4, -0.2) is 37.4 Å². The van der Waals surface area contributed by atoms with E-state index >= 15 is 0 Å². The molecule has 2 aromatic carbocycles. The summed E-state index contributed by atoms with van der Waals surface area (Å²) in [5, 5.41) is 6.05. The smallest absolute Gasteiger partial charge is 0.286 e. The van der Waals surface area contributed by atoms with Gasteiger partial charge >= 0.3 is 0 Å². The van der Waals surface area contributed by atoms with Gasteiger partial charge in [0.2, 0.25) is 14.9 Å². The average Bonchev–Trinajstić information content (AvgIpc) is 2.70. The van der Waals surface area contributed by atoms with Crippen molar-refractivity contribution in [3.8, 4) is 0 Å². The molecule has 0 N–H and O–H groups in total. The van der Waals surface area contributed by atoms with Gasteiger partial charge < -0.3 is 4.90 Å². The Balaban J connectivity index is 1.76. The van der Waals surface area contributed by atoms with Crippen molar-refractivity contribution in [2.75, 3.05) is 18.1 Å². The quantitative estimate of drug-likeness (QED) is 0.766. The van der Waals surface area contributed by atoms with Gasteiger partial charge in [-0.25, -0.2) is 8.42 Å². The van der Waals surface area contributed by atoms with Crippen LogP contribution in [0.2, 0.25) is 5.02 Å². The summed E-state index contributed by atoms with van der Waals surface area (Å²) in [4.78, 5) is 14.7. The maximum atomic E-state index is 13.1. The molecule has 0 spiro atoms. The van der Waals surface area contributed by atoms with Crippen molar-refractivity contribution in [1.82, 2.24) is 4.90 Å². The van der Waals surface area contributed by atoms with E-state index in [1.807, 2.05) is 12.1 Å². The lowest BCUT2D eigenvalue weighted by Crippen LogP contribution is -2.45. The molecular weight excluding hydrogens is 398 g/mol. The van der Waals surface area contributed by atoms with Gasteiger partial charge in [0.05, 0.1) is 17.1 Å². The lowest BCUT2D eigenvalue weighted by Gasteiger charge is -2.31. The fourth-order valence-electron chi connectivity index (χ4n) is 3.54. The predicted molar refractivity (Wildman–Crippen MR) is 109 cm³/mol. The Morgan fingerprint density at radius 3 is 2.54 bits per heavy atom. The van der Waals surface area contributed by atoms with Crippen LogP contribution in [0.5, 0.6) is 0 Å². The molecule has 146 valence electrons. The third-order valence-electron chi connectivity index (χ3n) is 4.95. The number of fused-ring (bicyclic) bond motifs is 1. The van der Waals surface area contributed by atoms with Crippen LogP contribution in [0.25, 0.3) is 0 Å². The molecule has 2 aromatic rings. The molecule has 0 unspecified atom stereocenters. The van der Waals surface area contributed by atoms with Gasteiger partial charge in [-0.1, -0.05) is 35.9 Å². The first-order chi connectivity index (χ1) is 13.5. The molecule has 1 saturated heterocycles. The van der Waals surface area contributed by atoms with Crippen LogP contribution in [0, 0.1) is 0 Å². The van der Waals surface area contributed by atoms with Gasteiger partial charge in [-0.05, 0) is 49.1 Å². The SMILES string of the molecule is O=C(C1=NN(Cc2cccc(Cl)c2)c2ccccc2S1(=O)=O)N1CCCCC1. The summed E-state index contributed by atoms with van der Waals surface area (Å²) in [6.45, 7) is 1.43. The molecule has 0 atom stereocenters. The Bertz CT molecular complexity index is 1050. The average molecular weight is 418 g/mol. The number of para-hydroxylation sites is 1. The Morgan fingerprint density at radius 2 is 1.79 bits per heavy atom. The summed E-state index contributed by atoms with van der Waals surface area (Å²) in [5.41, 5.74) is 1.33. The molecular formula is C20H20ClN3O3S. The lowest BCUT2D eigenvalue weighted by atomic mass is 10.1. The minimum Gasteiger partial charge on any atom is -0.337 e. The van der Waals surface area contributed by atoms with E-state index in [1.54, 1.807) is 40.2 Å². The largest absolute Gasteiger partial charge is 0.337 e. The normalized spacial score (nSPS) is 18.4. The standard InChI is InChI=1S/C20H20ClN3O3S/c21-16-8-6-7-15(13-16)14-24-17-9-2-3-10-18(17)28(26,27)19(22-24)20(25)23-11-4-1-5-12-23/h2-3,6-10,13H,1,4-5,11-12,14H2. The van der Waals surface area contributed by atoms with Gasteiger partial charge in [0, 0.05) is 18.1 Å². The van der Waals surface area contributed by atoms with Gasteiger partial charge in [-0.3, -0.25) is 9.80 Å². The van der Waals surface area contributed by atoms with Crippen LogP contribution in [-0.2, 0) is 21.2 Å². The van der Waals surface area contributed by atoms with E-state index in [4.69, 9.17) is 11.6 Å². The number of rotatable bonds is 3. The van der Waals surface area contributed by atoms with Crippen LogP contribution in [0.1, 0.15) is 24.8 Å². The second-order valence-corrected chi connectivity index (χ2v) is 9.19. The summed E-state index contributed by atoms with van der Waals surface area (Å²) in [7, 11) is -3.97. The van der Waals surface area contributed by atoms with Crippen molar-refractivity contribution in [3.63, 3.8) is 0 Å². The van der Waals surface area contributed by atoms with Crippen molar-refractivity contribution in [2.24, 2.45) is 5.10 Å². The molecule has 0 aromatic heterocycles. The number of carbonyl (C=O) groups is 1. The third kappa shape index (κ3) is 3.52. The molecule has 28 heavy (non-hydrogen) atoms. The highest BCUT2D eigenvalue weighted by Crippen LogP contribution is 2.33. The maximum absolute atomic E-state index is 13.1. The lowest BCUT2D eigenvalue weighted by molar-refractivity contribution is -0.124. The van der Waals surface area contributed by atoms with E-state index in [-0.39, 0.29) is 4.90 Å². The number of sulfone groups is 1. The number of hydrogen-bond donors (Lipinski definition) is 0. The first kappa shape index (κ1) is 19.0. The zero-order chi connectivity index (χ0) is 19.7. The first-order valence-corrected chi connectivity index (χ1v) is 11.1. The molecule has 0 saturated carbocycles. The summed E-state index contributed by atoms with van der Waals surface area (Å²) in [6.07, 6.45) is 2.80. The van der Waals surface area contributed by atoms with Crippen LogP contribution >= 0.6 is 11.6 Å². The highest BCUT2D eigenvalue weighted by Gasteiger charge is 2.39. The van der Waals surface area contributed by atoms with Crippen molar-refractivity contribution >= 4 is 38.1 Å². The maximum Gasteiger partial charge on any atom is 0.286 e. The number of piperidine rings is 1. The number of hydrogen-bond acceptors (Lipinski definition) is 5. The van der Waals surface area contributed by atoms with E-state index < -0.39 is 20.8 Å². The van der Waals surface area contributed by atoms with Crippen molar-refractivity contribution in [3.05, 3.63) is 59.1 Å². The summed E-state index contributed by atoms with van der Waals surface area (Å²) in [5.74, 6) is -0.523. The van der Waals surface area contributed by atoms with E-state index in [0.717, 1.165) is 24.8 Å². The van der Waals surface area contributed by atoms with Gasteiger partial charge in [0.1, 0.15) is 0 Å². The Morgan fingerprint density at radius 1 is 1.04 bits per heavy atom. The number of benzene rings is 2. The van der Waals surface area contributed by atoms with Crippen molar-refractivity contribution in [1.29, 1.82) is 0 Å². The molecule has 6 nitrogen and oxygen atoms in total. The van der Waals surface area contributed by atoms with Crippen LogP contribution in [0.4, 0.5) is 5.69 Å². The fraction of sp³-hybridized carbons (Fsp3) is 0.300. The monoisotopic (exact) mass is 417 g/mol. The van der Waals surface area contributed by atoms with E-state index in [2.05, 4.69) is 5.10 Å². The number of hydrazone groups is 1. The number of halogens is 1. The topological polar surface area (TPSA) is 70.0 Å². The number of nitrogens with zero attached hydrogens (tertiary/aromatic N) is 3. The minimum absolute atomic E-state index is 0.104. The number of likely N-dealkylation sites (tertiary alicyclic amines) is 1.